The van der Waals surface area contributed by atoms with Crippen LogP contribution in [0.5, 0.6) is 0 Å². The molecule has 2 amide bonds. The summed E-state index contributed by atoms with van der Waals surface area (Å²) >= 11 is 0. The minimum Gasteiger partial charge on any atom is -0.450 e. The minimum absolute atomic E-state index is 0.0484. The maximum atomic E-state index is 12.4. The molecule has 0 aliphatic carbocycles. The van der Waals surface area contributed by atoms with Crippen LogP contribution in [0.3, 0.4) is 0 Å². The molecule has 0 aromatic carbocycles. The van der Waals surface area contributed by atoms with Gasteiger partial charge in [0.1, 0.15) is 5.69 Å². The maximum Gasteiger partial charge on any atom is 0.409 e. The van der Waals surface area contributed by atoms with Crippen molar-refractivity contribution in [3.63, 3.8) is 0 Å². The quantitative estimate of drug-likeness (QED) is 0.825. The van der Waals surface area contributed by atoms with Crippen molar-refractivity contribution < 1.29 is 14.3 Å². The molecule has 25 heavy (non-hydrogen) atoms. The smallest absolute Gasteiger partial charge is 0.409 e. The number of pyridine rings is 1. The van der Waals surface area contributed by atoms with Gasteiger partial charge in [-0.1, -0.05) is 13.8 Å². The Morgan fingerprint density at radius 3 is 2.72 bits per heavy atom. The molecular weight excluding hydrogens is 320 g/mol. The highest BCUT2D eigenvalue weighted by Crippen LogP contribution is 2.13. The highest BCUT2D eigenvalue weighted by atomic mass is 16.6. The summed E-state index contributed by atoms with van der Waals surface area (Å²) in [6, 6.07) is 3.68. The highest BCUT2D eigenvalue weighted by Gasteiger charge is 2.25. The number of anilines is 1. The van der Waals surface area contributed by atoms with Gasteiger partial charge in [0.25, 0.3) is 5.91 Å². The summed E-state index contributed by atoms with van der Waals surface area (Å²) in [6.07, 6.45) is 2.80. The number of hydrogen-bond acceptors (Lipinski definition) is 5. The third kappa shape index (κ3) is 5.92. The number of nitrogens with zero attached hydrogens (tertiary/aromatic N) is 2. The Bertz CT molecular complexity index is 583. The van der Waals surface area contributed by atoms with E-state index in [1.165, 1.54) is 0 Å². The molecule has 0 bridgehead atoms. The fourth-order valence-corrected chi connectivity index (χ4v) is 2.67. The van der Waals surface area contributed by atoms with E-state index in [0.29, 0.717) is 31.3 Å². The molecule has 1 saturated heterocycles. The lowest BCUT2D eigenvalue weighted by molar-refractivity contribution is 0.0856. The normalized spacial score (nSPS) is 15.1. The average Bonchev–Trinajstić information content (AvgIpc) is 2.61. The monoisotopic (exact) mass is 348 g/mol. The molecule has 138 valence electrons. The standard InChI is InChI=1S/C18H28N4O3/c1-4-25-18(24)22-9-6-14(7-10-22)21-17(23)16-11-15(5-8-19-16)20-12-13(2)3/h5,8,11,13-14H,4,6-7,9-10,12H2,1-3H3,(H,19,20)(H,21,23). The molecule has 1 aromatic rings. The van der Waals surface area contributed by atoms with Crippen LogP contribution in [0.4, 0.5) is 10.5 Å². The molecule has 0 spiro atoms. The topological polar surface area (TPSA) is 83.6 Å². The van der Waals surface area contributed by atoms with E-state index >= 15 is 0 Å². The van der Waals surface area contributed by atoms with Gasteiger partial charge in [-0.25, -0.2) is 4.79 Å². The van der Waals surface area contributed by atoms with Crippen LogP contribution in [0, 0.1) is 5.92 Å². The Labute approximate surface area is 149 Å². The van der Waals surface area contributed by atoms with Crippen LogP contribution in [0.2, 0.25) is 0 Å². The second-order valence-corrected chi connectivity index (χ2v) is 6.64. The second-order valence-electron chi connectivity index (χ2n) is 6.64. The van der Waals surface area contributed by atoms with E-state index in [1.54, 1.807) is 24.1 Å². The average molecular weight is 348 g/mol. The van der Waals surface area contributed by atoms with Crippen molar-refractivity contribution in [1.82, 2.24) is 15.2 Å². The SMILES string of the molecule is CCOC(=O)N1CCC(NC(=O)c2cc(NCC(C)C)ccn2)CC1. The third-order valence-corrected chi connectivity index (χ3v) is 4.06. The number of rotatable bonds is 6. The Kier molecular flexibility index (Phi) is 7.03. The van der Waals surface area contributed by atoms with E-state index < -0.39 is 0 Å². The number of carbonyl (C=O) groups is 2. The van der Waals surface area contributed by atoms with Gasteiger partial charge in [0.15, 0.2) is 0 Å². The number of nitrogens with one attached hydrogen (secondary N) is 2. The molecule has 1 aromatic heterocycles. The van der Waals surface area contributed by atoms with Crippen LogP contribution < -0.4 is 10.6 Å². The summed E-state index contributed by atoms with van der Waals surface area (Å²) in [6.45, 7) is 8.46. The molecule has 2 heterocycles. The lowest BCUT2D eigenvalue weighted by atomic mass is 10.1. The van der Waals surface area contributed by atoms with Crippen molar-refractivity contribution in [1.29, 1.82) is 0 Å². The number of ether oxygens (including phenoxy) is 1. The fraction of sp³-hybridized carbons (Fsp3) is 0.611. The molecule has 0 saturated carbocycles. The predicted octanol–water partition coefficient (Wildman–Crippen LogP) is 2.50. The van der Waals surface area contributed by atoms with Gasteiger partial charge in [-0.15, -0.1) is 0 Å². The van der Waals surface area contributed by atoms with Crippen molar-refractivity contribution in [2.24, 2.45) is 5.92 Å². The lowest BCUT2D eigenvalue weighted by Crippen LogP contribution is -2.46. The van der Waals surface area contributed by atoms with Gasteiger partial charge in [-0.3, -0.25) is 9.78 Å². The zero-order valence-corrected chi connectivity index (χ0v) is 15.2. The third-order valence-electron chi connectivity index (χ3n) is 4.06. The molecule has 2 N–H and O–H groups in total. The van der Waals surface area contributed by atoms with Gasteiger partial charge in [-0.2, -0.15) is 0 Å². The van der Waals surface area contributed by atoms with Crippen LogP contribution in [-0.2, 0) is 4.74 Å². The Hall–Kier alpha value is -2.31. The highest BCUT2D eigenvalue weighted by molar-refractivity contribution is 5.93. The van der Waals surface area contributed by atoms with Gasteiger partial charge in [-0.05, 0) is 37.8 Å². The minimum atomic E-state index is -0.280. The summed E-state index contributed by atoms with van der Waals surface area (Å²) in [5, 5.41) is 6.31. The van der Waals surface area contributed by atoms with Gasteiger partial charge in [0.2, 0.25) is 0 Å². The molecule has 7 nitrogen and oxygen atoms in total. The number of carbonyl (C=O) groups excluding carboxylic acids is 2. The summed E-state index contributed by atoms with van der Waals surface area (Å²) in [4.78, 5) is 30.0. The molecule has 0 unspecified atom stereocenters. The van der Waals surface area contributed by atoms with Crippen LogP contribution in [0.1, 0.15) is 44.1 Å². The largest absolute Gasteiger partial charge is 0.450 e. The van der Waals surface area contributed by atoms with Gasteiger partial charge < -0.3 is 20.3 Å². The number of piperidine rings is 1. The van der Waals surface area contributed by atoms with Gasteiger partial charge >= 0.3 is 6.09 Å². The summed E-state index contributed by atoms with van der Waals surface area (Å²) in [5.74, 6) is 0.345. The predicted molar refractivity (Wildman–Crippen MR) is 96.6 cm³/mol. The van der Waals surface area contributed by atoms with Crippen molar-refractivity contribution in [2.75, 3.05) is 31.6 Å². The van der Waals surface area contributed by atoms with Crippen molar-refractivity contribution in [3.05, 3.63) is 24.0 Å². The van der Waals surface area contributed by atoms with Crippen LogP contribution in [0.15, 0.2) is 18.3 Å². The van der Waals surface area contributed by atoms with E-state index in [1.807, 2.05) is 6.07 Å². The lowest BCUT2D eigenvalue weighted by Gasteiger charge is -2.31. The molecular formula is C18H28N4O3. The molecule has 0 atom stereocenters. The number of hydrogen-bond donors (Lipinski definition) is 2. The zero-order valence-electron chi connectivity index (χ0n) is 15.2. The van der Waals surface area contributed by atoms with Crippen molar-refractivity contribution >= 4 is 17.7 Å². The molecule has 0 radical (unpaired) electrons. The molecule has 7 heteroatoms. The van der Waals surface area contributed by atoms with Crippen molar-refractivity contribution in [3.8, 4) is 0 Å². The molecule has 2 rings (SSSR count). The first-order valence-electron chi connectivity index (χ1n) is 8.92. The Morgan fingerprint density at radius 2 is 2.08 bits per heavy atom. The summed E-state index contributed by atoms with van der Waals surface area (Å²) in [7, 11) is 0. The summed E-state index contributed by atoms with van der Waals surface area (Å²) in [5.41, 5.74) is 1.30. The molecule has 1 aliphatic heterocycles. The number of amides is 2. The van der Waals surface area contributed by atoms with E-state index in [9.17, 15) is 9.59 Å². The first-order valence-corrected chi connectivity index (χ1v) is 8.92. The molecule has 1 fully saturated rings. The number of aromatic nitrogens is 1. The first kappa shape index (κ1) is 19.0. The zero-order chi connectivity index (χ0) is 18.2. The number of likely N-dealkylation sites (tertiary alicyclic amines) is 1. The van der Waals surface area contributed by atoms with E-state index in [-0.39, 0.29) is 18.0 Å². The van der Waals surface area contributed by atoms with E-state index in [2.05, 4.69) is 29.5 Å². The van der Waals surface area contributed by atoms with Crippen molar-refractivity contribution in [2.45, 2.75) is 39.7 Å². The molecule has 1 aliphatic rings. The van der Waals surface area contributed by atoms with E-state index in [4.69, 9.17) is 4.74 Å². The van der Waals surface area contributed by atoms with Crippen LogP contribution in [0.25, 0.3) is 0 Å². The van der Waals surface area contributed by atoms with Gasteiger partial charge in [0, 0.05) is 37.6 Å². The van der Waals surface area contributed by atoms with E-state index in [0.717, 1.165) is 25.1 Å². The van der Waals surface area contributed by atoms with Crippen LogP contribution in [-0.4, -0.2) is 54.2 Å². The maximum absolute atomic E-state index is 12.4. The first-order chi connectivity index (χ1) is 12.0. The summed E-state index contributed by atoms with van der Waals surface area (Å²) < 4.78 is 5.00. The van der Waals surface area contributed by atoms with Gasteiger partial charge in [0.05, 0.1) is 6.61 Å². The Balaban J connectivity index is 1.84. The Morgan fingerprint density at radius 1 is 1.36 bits per heavy atom. The fourth-order valence-electron chi connectivity index (χ4n) is 2.67. The van der Waals surface area contributed by atoms with Crippen LogP contribution >= 0.6 is 0 Å². The second kappa shape index (κ2) is 9.25.